The minimum Gasteiger partial charge on any atom is -0.495 e. The molecule has 0 saturated carbocycles. The van der Waals surface area contributed by atoms with Crippen molar-refractivity contribution in [2.24, 2.45) is 4.99 Å². The Morgan fingerprint density at radius 3 is 2.75 bits per heavy atom. The van der Waals surface area contributed by atoms with Crippen LogP contribution in [0.15, 0.2) is 17.0 Å². The molecule has 0 aromatic carbocycles. The first-order valence-electron chi connectivity index (χ1n) is 4.23. The van der Waals surface area contributed by atoms with Crippen molar-refractivity contribution >= 4 is 5.96 Å². The highest BCUT2D eigenvalue weighted by molar-refractivity contribution is 5.82. The molecule has 1 aliphatic rings. The summed E-state index contributed by atoms with van der Waals surface area (Å²) >= 11 is 0. The lowest BCUT2D eigenvalue weighted by Crippen LogP contribution is -2.42. The normalized spacial score (nSPS) is 16.2. The van der Waals surface area contributed by atoms with Crippen molar-refractivity contribution in [3.63, 3.8) is 0 Å². The number of aliphatic hydroxyl groups is 1. The molecule has 12 heavy (non-hydrogen) atoms. The molecule has 0 unspecified atom stereocenters. The van der Waals surface area contributed by atoms with Gasteiger partial charge in [-0.2, -0.15) is 0 Å². The second-order valence-corrected chi connectivity index (χ2v) is 2.55. The molecule has 68 valence electrons. The standard InChI is InChI=1S/C8H15N3O/c1-3-11(4-2)8-9-6-5-7(12)10-8/h5,12H,3-4,6H2,1-2H3,(H,9,10). The SMILES string of the molecule is CCN(CC)C1=NCC=C(O)N1. The van der Waals surface area contributed by atoms with Crippen LogP contribution in [0.4, 0.5) is 0 Å². The molecule has 0 amide bonds. The average Bonchev–Trinajstić information content (AvgIpc) is 2.07. The van der Waals surface area contributed by atoms with Gasteiger partial charge >= 0.3 is 0 Å². The van der Waals surface area contributed by atoms with Crippen molar-refractivity contribution < 1.29 is 5.11 Å². The van der Waals surface area contributed by atoms with Gasteiger partial charge < -0.3 is 10.0 Å². The fourth-order valence-electron chi connectivity index (χ4n) is 1.13. The van der Waals surface area contributed by atoms with Gasteiger partial charge in [0, 0.05) is 13.1 Å². The van der Waals surface area contributed by atoms with E-state index in [2.05, 4.69) is 29.1 Å². The second kappa shape index (κ2) is 3.99. The molecule has 0 fully saturated rings. The highest BCUT2D eigenvalue weighted by Crippen LogP contribution is 1.97. The first-order valence-corrected chi connectivity index (χ1v) is 4.23. The first kappa shape index (κ1) is 8.90. The van der Waals surface area contributed by atoms with E-state index in [-0.39, 0.29) is 5.88 Å². The van der Waals surface area contributed by atoms with Gasteiger partial charge in [-0.1, -0.05) is 0 Å². The maximum Gasteiger partial charge on any atom is 0.201 e. The van der Waals surface area contributed by atoms with Crippen molar-refractivity contribution in [3.8, 4) is 0 Å². The number of guanidine groups is 1. The second-order valence-electron chi connectivity index (χ2n) is 2.55. The maximum absolute atomic E-state index is 9.16. The Bertz CT molecular complexity index is 206. The molecule has 4 nitrogen and oxygen atoms in total. The third-order valence-corrected chi connectivity index (χ3v) is 1.83. The number of aliphatic imine (C=N–C) groups is 1. The smallest absolute Gasteiger partial charge is 0.201 e. The maximum atomic E-state index is 9.16. The van der Waals surface area contributed by atoms with Gasteiger partial charge in [-0.05, 0) is 19.9 Å². The van der Waals surface area contributed by atoms with Crippen molar-refractivity contribution in [1.29, 1.82) is 0 Å². The summed E-state index contributed by atoms with van der Waals surface area (Å²) < 4.78 is 0. The Morgan fingerprint density at radius 2 is 2.25 bits per heavy atom. The molecule has 0 aromatic rings. The van der Waals surface area contributed by atoms with Crippen molar-refractivity contribution in [2.45, 2.75) is 13.8 Å². The van der Waals surface area contributed by atoms with Gasteiger partial charge in [-0.3, -0.25) is 5.32 Å². The predicted octanol–water partition coefficient (Wildman–Crippen LogP) is 0.687. The molecule has 1 heterocycles. The van der Waals surface area contributed by atoms with Gasteiger partial charge in [-0.15, -0.1) is 0 Å². The fourth-order valence-corrected chi connectivity index (χ4v) is 1.13. The molecule has 0 bridgehead atoms. The van der Waals surface area contributed by atoms with E-state index in [4.69, 9.17) is 5.11 Å². The summed E-state index contributed by atoms with van der Waals surface area (Å²) in [5.74, 6) is 0.965. The number of hydrogen-bond acceptors (Lipinski definition) is 4. The van der Waals surface area contributed by atoms with Gasteiger partial charge in [-0.25, -0.2) is 4.99 Å². The molecular formula is C8H15N3O. The highest BCUT2D eigenvalue weighted by Gasteiger charge is 2.10. The van der Waals surface area contributed by atoms with Crippen LogP contribution < -0.4 is 5.32 Å². The molecule has 2 N–H and O–H groups in total. The van der Waals surface area contributed by atoms with Crippen LogP contribution in [0.1, 0.15) is 13.8 Å². The summed E-state index contributed by atoms with van der Waals surface area (Å²) in [6.07, 6.45) is 1.65. The lowest BCUT2D eigenvalue weighted by Gasteiger charge is -2.24. The van der Waals surface area contributed by atoms with Crippen molar-refractivity contribution in [2.75, 3.05) is 19.6 Å². The Labute approximate surface area is 72.6 Å². The molecule has 1 aliphatic heterocycles. The van der Waals surface area contributed by atoms with Gasteiger partial charge in [0.1, 0.15) is 0 Å². The number of hydrogen-bond donors (Lipinski definition) is 2. The zero-order valence-electron chi connectivity index (χ0n) is 7.54. The Balaban J connectivity index is 2.57. The summed E-state index contributed by atoms with van der Waals surface area (Å²) in [4.78, 5) is 6.28. The fraction of sp³-hybridized carbons (Fsp3) is 0.625. The van der Waals surface area contributed by atoms with Crippen molar-refractivity contribution in [3.05, 3.63) is 12.0 Å². The summed E-state index contributed by atoms with van der Waals surface area (Å²) in [6.45, 7) is 6.47. The van der Waals surface area contributed by atoms with E-state index >= 15 is 0 Å². The Morgan fingerprint density at radius 1 is 1.58 bits per heavy atom. The van der Waals surface area contributed by atoms with Crippen LogP contribution in [0.3, 0.4) is 0 Å². The third-order valence-electron chi connectivity index (χ3n) is 1.83. The molecule has 1 rings (SSSR count). The largest absolute Gasteiger partial charge is 0.495 e. The van der Waals surface area contributed by atoms with E-state index < -0.39 is 0 Å². The van der Waals surface area contributed by atoms with Gasteiger partial charge in [0.05, 0.1) is 6.54 Å². The lowest BCUT2D eigenvalue weighted by atomic mass is 10.4. The minimum absolute atomic E-state index is 0.201. The topological polar surface area (TPSA) is 47.9 Å². The molecule has 0 radical (unpaired) electrons. The number of nitrogens with zero attached hydrogens (tertiary/aromatic N) is 2. The number of aliphatic hydroxyl groups excluding tert-OH is 1. The Kier molecular flexibility index (Phi) is 2.96. The zero-order chi connectivity index (χ0) is 8.97. The molecule has 0 aromatic heterocycles. The van der Waals surface area contributed by atoms with Crippen LogP contribution in [-0.4, -0.2) is 35.6 Å². The molecule has 4 heteroatoms. The minimum atomic E-state index is 0.201. The third kappa shape index (κ3) is 1.90. The summed E-state index contributed by atoms with van der Waals surface area (Å²) in [7, 11) is 0. The van der Waals surface area contributed by atoms with E-state index in [0.29, 0.717) is 6.54 Å². The van der Waals surface area contributed by atoms with Crippen molar-refractivity contribution in [1.82, 2.24) is 10.2 Å². The van der Waals surface area contributed by atoms with Crippen LogP contribution in [0.25, 0.3) is 0 Å². The molecular weight excluding hydrogens is 154 g/mol. The van der Waals surface area contributed by atoms with E-state index in [9.17, 15) is 0 Å². The van der Waals surface area contributed by atoms with Crippen LogP contribution in [0.5, 0.6) is 0 Å². The predicted molar refractivity (Wildman–Crippen MR) is 49.1 cm³/mol. The van der Waals surface area contributed by atoms with Crippen LogP contribution in [-0.2, 0) is 0 Å². The van der Waals surface area contributed by atoms with E-state index in [1.165, 1.54) is 0 Å². The average molecular weight is 169 g/mol. The van der Waals surface area contributed by atoms with Gasteiger partial charge in [0.15, 0.2) is 5.88 Å². The van der Waals surface area contributed by atoms with E-state index in [1.54, 1.807) is 6.08 Å². The molecule has 0 saturated heterocycles. The molecule has 0 aliphatic carbocycles. The number of nitrogens with one attached hydrogen (secondary N) is 1. The summed E-state index contributed by atoms with van der Waals surface area (Å²) in [5, 5.41) is 12.0. The monoisotopic (exact) mass is 169 g/mol. The van der Waals surface area contributed by atoms with Gasteiger partial charge in [0.25, 0.3) is 0 Å². The van der Waals surface area contributed by atoms with E-state index in [1.807, 2.05) is 0 Å². The first-order chi connectivity index (χ1) is 5.77. The van der Waals surface area contributed by atoms with Crippen LogP contribution in [0, 0.1) is 0 Å². The summed E-state index contributed by atoms with van der Waals surface area (Å²) in [5.41, 5.74) is 0. The number of rotatable bonds is 2. The van der Waals surface area contributed by atoms with Crippen LogP contribution >= 0.6 is 0 Å². The molecule has 0 atom stereocenters. The van der Waals surface area contributed by atoms with E-state index in [0.717, 1.165) is 19.0 Å². The molecule has 0 spiro atoms. The highest BCUT2D eigenvalue weighted by atomic mass is 16.3. The lowest BCUT2D eigenvalue weighted by molar-refractivity contribution is 0.363. The van der Waals surface area contributed by atoms with Crippen LogP contribution in [0.2, 0.25) is 0 Å². The zero-order valence-corrected chi connectivity index (χ0v) is 7.54. The van der Waals surface area contributed by atoms with Gasteiger partial charge in [0.2, 0.25) is 5.96 Å². The Hall–Kier alpha value is -1.19. The summed E-state index contributed by atoms with van der Waals surface area (Å²) in [6, 6.07) is 0. The quantitative estimate of drug-likeness (QED) is 0.639.